The molecule has 0 aliphatic carbocycles. The van der Waals surface area contributed by atoms with Crippen LogP contribution in [0.3, 0.4) is 0 Å². The van der Waals surface area contributed by atoms with Gasteiger partial charge < -0.3 is 23.0 Å². The van der Waals surface area contributed by atoms with Gasteiger partial charge in [0, 0.05) is 11.5 Å². The van der Waals surface area contributed by atoms with Gasteiger partial charge in [-0.3, -0.25) is 4.79 Å². The molecule has 4 aromatic rings. The van der Waals surface area contributed by atoms with Crippen molar-refractivity contribution in [2.45, 2.75) is 20.8 Å². The summed E-state index contributed by atoms with van der Waals surface area (Å²) < 4.78 is 26.7. The number of carbonyl (C=O) groups excluding carboxylic acids is 2. The number of fused-ring (bicyclic) bond motifs is 2. The third kappa shape index (κ3) is 4.45. The minimum absolute atomic E-state index is 0.0987. The minimum atomic E-state index is -0.544. The third-order valence-electron chi connectivity index (χ3n) is 4.98. The summed E-state index contributed by atoms with van der Waals surface area (Å²) in [4.78, 5) is 36.7. The van der Waals surface area contributed by atoms with Gasteiger partial charge in [0.1, 0.15) is 22.7 Å². The first-order valence-corrected chi connectivity index (χ1v) is 10.5. The third-order valence-corrected chi connectivity index (χ3v) is 4.98. The molecular weight excluding hydrogens is 428 g/mol. The molecule has 0 amide bonds. The van der Waals surface area contributed by atoms with Crippen LogP contribution < -0.4 is 10.2 Å². The lowest BCUT2D eigenvalue weighted by molar-refractivity contribution is -0.145. The Labute approximate surface area is 188 Å². The van der Waals surface area contributed by atoms with Crippen LogP contribution in [0.4, 0.5) is 0 Å². The van der Waals surface area contributed by atoms with E-state index in [1.165, 1.54) is 0 Å². The van der Waals surface area contributed by atoms with Gasteiger partial charge in [-0.25, -0.2) is 9.59 Å². The summed E-state index contributed by atoms with van der Waals surface area (Å²) in [6, 6.07) is 11.6. The summed E-state index contributed by atoms with van der Waals surface area (Å²) in [5.74, 6) is -0.119. The largest absolute Gasteiger partial charge is 0.482 e. The second-order valence-electron chi connectivity index (χ2n) is 7.20. The highest BCUT2D eigenvalue weighted by molar-refractivity contribution is 5.94. The average molecular weight is 450 g/mol. The molecule has 8 heteroatoms. The first kappa shape index (κ1) is 22.1. The SMILES string of the molecule is CCOC(=O)COc1ccc2c(=O)c(-c3ccc4oc(C(=O)OCC)cc4c3)c(C)oc2c1. The van der Waals surface area contributed by atoms with Gasteiger partial charge in [0.25, 0.3) is 0 Å². The number of aryl methyl sites for hydroxylation is 1. The van der Waals surface area contributed by atoms with Crippen LogP contribution in [0.5, 0.6) is 5.75 Å². The second kappa shape index (κ2) is 9.20. The van der Waals surface area contributed by atoms with Gasteiger partial charge in [-0.15, -0.1) is 0 Å². The Hall–Kier alpha value is -4.07. The van der Waals surface area contributed by atoms with E-state index in [9.17, 15) is 14.4 Å². The molecule has 2 aromatic heterocycles. The summed E-state index contributed by atoms with van der Waals surface area (Å²) in [5.41, 5.74) is 1.68. The molecule has 0 atom stereocenters. The van der Waals surface area contributed by atoms with Crippen LogP contribution in [0.15, 0.2) is 56.1 Å². The Balaban J connectivity index is 1.69. The highest BCUT2D eigenvalue weighted by Crippen LogP contribution is 2.30. The van der Waals surface area contributed by atoms with E-state index in [1.807, 2.05) is 0 Å². The fourth-order valence-corrected chi connectivity index (χ4v) is 3.56. The van der Waals surface area contributed by atoms with Crippen LogP contribution in [0.25, 0.3) is 33.1 Å². The fraction of sp³-hybridized carbons (Fsp3) is 0.240. The van der Waals surface area contributed by atoms with Gasteiger partial charge in [0.15, 0.2) is 6.61 Å². The van der Waals surface area contributed by atoms with Gasteiger partial charge >= 0.3 is 11.9 Å². The molecule has 2 heterocycles. The molecule has 0 saturated carbocycles. The summed E-state index contributed by atoms with van der Waals surface area (Å²) in [6.07, 6.45) is 0. The molecule has 170 valence electrons. The van der Waals surface area contributed by atoms with E-state index in [4.69, 9.17) is 23.0 Å². The number of esters is 2. The minimum Gasteiger partial charge on any atom is -0.482 e. The van der Waals surface area contributed by atoms with Gasteiger partial charge in [0.05, 0.1) is 24.2 Å². The number of hydrogen-bond acceptors (Lipinski definition) is 8. The van der Waals surface area contributed by atoms with E-state index in [0.717, 1.165) is 0 Å². The molecule has 8 nitrogen and oxygen atoms in total. The predicted molar refractivity (Wildman–Crippen MR) is 121 cm³/mol. The van der Waals surface area contributed by atoms with E-state index < -0.39 is 11.9 Å². The topological polar surface area (TPSA) is 105 Å². The van der Waals surface area contributed by atoms with E-state index in [0.29, 0.717) is 44.6 Å². The quantitative estimate of drug-likeness (QED) is 0.375. The maximum Gasteiger partial charge on any atom is 0.374 e. The first-order chi connectivity index (χ1) is 15.9. The normalized spacial score (nSPS) is 11.0. The van der Waals surface area contributed by atoms with E-state index in [2.05, 4.69) is 0 Å². The standard InChI is InChI=1S/C25H22O8/c1-4-29-22(26)13-31-17-7-8-18-20(12-17)32-14(3)23(24(18)27)15-6-9-19-16(10-15)11-21(33-19)25(28)30-5-2/h6-12H,4-5,13H2,1-3H3. The molecule has 0 N–H and O–H groups in total. The van der Waals surface area contributed by atoms with Crippen molar-refractivity contribution >= 4 is 33.9 Å². The molecular formula is C25H22O8. The maximum absolute atomic E-state index is 13.3. The highest BCUT2D eigenvalue weighted by atomic mass is 16.6. The van der Waals surface area contributed by atoms with Crippen LogP contribution in [-0.4, -0.2) is 31.8 Å². The summed E-state index contributed by atoms with van der Waals surface area (Å²) in [7, 11) is 0. The van der Waals surface area contributed by atoms with Crippen molar-refractivity contribution in [1.82, 2.24) is 0 Å². The Morgan fingerprint density at radius 1 is 0.909 bits per heavy atom. The maximum atomic E-state index is 13.3. The summed E-state index contributed by atoms with van der Waals surface area (Å²) >= 11 is 0. The van der Waals surface area contributed by atoms with Crippen molar-refractivity contribution in [3.05, 3.63) is 64.2 Å². The van der Waals surface area contributed by atoms with Crippen LogP contribution in [-0.2, 0) is 14.3 Å². The number of ether oxygens (including phenoxy) is 3. The molecule has 4 rings (SSSR count). The number of hydrogen-bond donors (Lipinski definition) is 0. The number of carbonyl (C=O) groups is 2. The van der Waals surface area contributed by atoms with Gasteiger partial charge in [-0.05, 0) is 56.7 Å². The summed E-state index contributed by atoms with van der Waals surface area (Å²) in [5, 5.41) is 1.04. The van der Waals surface area contributed by atoms with Crippen molar-refractivity contribution in [3.63, 3.8) is 0 Å². The van der Waals surface area contributed by atoms with Crippen LogP contribution in [0.1, 0.15) is 30.2 Å². The lowest BCUT2D eigenvalue weighted by atomic mass is 10.0. The van der Waals surface area contributed by atoms with E-state index in [-0.39, 0.29) is 31.0 Å². The Morgan fingerprint density at radius 3 is 2.45 bits per heavy atom. The van der Waals surface area contributed by atoms with Crippen LogP contribution in [0, 0.1) is 6.92 Å². The lowest BCUT2D eigenvalue weighted by Crippen LogP contribution is -2.14. The average Bonchev–Trinajstić information content (AvgIpc) is 3.21. The molecule has 0 fully saturated rings. The van der Waals surface area contributed by atoms with Gasteiger partial charge in [-0.2, -0.15) is 0 Å². The van der Waals surface area contributed by atoms with E-state index in [1.54, 1.807) is 63.2 Å². The highest BCUT2D eigenvalue weighted by Gasteiger charge is 2.18. The zero-order valence-electron chi connectivity index (χ0n) is 18.4. The first-order valence-electron chi connectivity index (χ1n) is 10.5. The van der Waals surface area contributed by atoms with Crippen molar-refractivity contribution < 1.29 is 32.6 Å². The zero-order valence-corrected chi connectivity index (χ0v) is 18.4. The monoisotopic (exact) mass is 450 g/mol. The zero-order chi connectivity index (χ0) is 23.5. The Bertz CT molecular complexity index is 1410. The van der Waals surface area contributed by atoms with Gasteiger partial charge in [-0.1, -0.05) is 6.07 Å². The van der Waals surface area contributed by atoms with Crippen molar-refractivity contribution in [3.8, 4) is 16.9 Å². The fourth-order valence-electron chi connectivity index (χ4n) is 3.56. The van der Waals surface area contributed by atoms with Gasteiger partial charge in [0.2, 0.25) is 11.2 Å². The second-order valence-corrected chi connectivity index (χ2v) is 7.20. The van der Waals surface area contributed by atoms with Crippen molar-refractivity contribution in [2.24, 2.45) is 0 Å². The number of furan rings is 1. The molecule has 33 heavy (non-hydrogen) atoms. The Kier molecular flexibility index (Phi) is 6.17. The smallest absolute Gasteiger partial charge is 0.374 e. The molecule has 0 saturated heterocycles. The molecule has 0 radical (unpaired) electrons. The molecule has 0 aliphatic rings. The number of rotatable bonds is 7. The number of benzene rings is 2. The van der Waals surface area contributed by atoms with Crippen LogP contribution in [0.2, 0.25) is 0 Å². The van der Waals surface area contributed by atoms with Crippen LogP contribution >= 0.6 is 0 Å². The summed E-state index contributed by atoms with van der Waals surface area (Å²) in [6.45, 7) is 5.41. The van der Waals surface area contributed by atoms with Crippen molar-refractivity contribution in [1.29, 1.82) is 0 Å². The molecule has 0 aliphatic heterocycles. The lowest BCUT2D eigenvalue weighted by Gasteiger charge is -2.09. The molecule has 2 aromatic carbocycles. The van der Waals surface area contributed by atoms with Crippen molar-refractivity contribution in [2.75, 3.05) is 19.8 Å². The predicted octanol–water partition coefficient (Wildman–Crippen LogP) is 4.63. The molecule has 0 unspecified atom stereocenters. The Morgan fingerprint density at radius 2 is 1.70 bits per heavy atom. The molecule has 0 bridgehead atoms. The molecule has 0 spiro atoms. The van der Waals surface area contributed by atoms with E-state index >= 15 is 0 Å².